The molecule has 5 nitrogen and oxygen atoms in total. The largest absolute Gasteiger partial charge is 0.460 e. The van der Waals surface area contributed by atoms with E-state index < -0.39 is 29.0 Å². The van der Waals surface area contributed by atoms with E-state index in [1.165, 1.54) is 14.0 Å². The number of carbonyl (C=O) groups is 3. The summed E-state index contributed by atoms with van der Waals surface area (Å²) in [4.78, 5) is 37.9. The number of hydrogen-bond acceptors (Lipinski definition) is 5. The van der Waals surface area contributed by atoms with E-state index in [-0.39, 0.29) is 24.4 Å². The Morgan fingerprint density at radius 3 is 2.24 bits per heavy atom. The van der Waals surface area contributed by atoms with Crippen LogP contribution in [0.3, 0.4) is 0 Å². The van der Waals surface area contributed by atoms with Crippen molar-refractivity contribution in [3.63, 3.8) is 0 Å². The fourth-order valence-electron chi connectivity index (χ4n) is 3.58. The molecule has 25 heavy (non-hydrogen) atoms. The monoisotopic (exact) mass is 346 g/mol. The molecular weight excluding hydrogens is 320 g/mol. The van der Waals surface area contributed by atoms with Crippen LogP contribution in [0.15, 0.2) is 30.3 Å². The molecule has 0 saturated heterocycles. The van der Waals surface area contributed by atoms with Gasteiger partial charge in [-0.25, -0.2) is 0 Å². The van der Waals surface area contributed by atoms with E-state index in [4.69, 9.17) is 9.47 Å². The topological polar surface area (TPSA) is 69.7 Å². The number of ketones is 2. The summed E-state index contributed by atoms with van der Waals surface area (Å²) in [6.07, 6.45) is 0.0817. The summed E-state index contributed by atoms with van der Waals surface area (Å²) in [5.74, 6) is -2.26. The number of rotatable bonds is 4. The predicted octanol–water partition coefficient (Wildman–Crippen LogP) is 3.07. The highest BCUT2D eigenvalue weighted by molar-refractivity contribution is 5.99. The van der Waals surface area contributed by atoms with Crippen LogP contribution in [0.25, 0.3) is 0 Å². The Kier molecular flexibility index (Phi) is 5.47. The highest BCUT2D eigenvalue weighted by Gasteiger charge is 2.57. The van der Waals surface area contributed by atoms with E-state index in [9.17, 15) is 14.4 Å². The molecular formula is C20H26O5. The van der Waals surface area contributed by atoms with Crippen molar-refractivity contribution in [3.8, 4) is 0 Å². The Labute approximate surface area is 148 Å². The standard InChI is InChI=1S/C20H26O5/c1-13(21)20(24-5)12-15(22)11-16(14-9-7-6-8-10-14)17(20)18(23)25-19(2,3)4/h6-10,16-17H,11-12H2,1-5H3/t16-,17?,20+/m1/s1. The van der Waals surface area contributed by atoms with Gasteiger partial charge >= 0.3 is 5.97 Å². The van der Waals surface area contributed by atoms with Crippen molar-refractivity contribution in [2.45, 2.75) is 57.7 Å². The van der Waals surface area contributed by atoms with Gasteiger partial charge in [0.25, 0.3) is 0 Å². The van der Waals surface area contributed by atoms with Crippen LogP contribution < -0.4 is 0 Å². The average molecular weight is 346 g/mol. The Bertz CT molecular complexity index is 658. The van der Waals surface area contributed by atoms with Gasteiger partial charge in [-0.15, -0.1) is 0 Å². The van der Waals surface area contributed by atoms with Gasteiger partial charge in [0.1, 0.15) is 22.9 Å². The number of ether oxygens (including phenoxy) is 2. The summed E-state index contributed by atoms with van der Waals surface area (Å²) in [7, 11) is 1.37. The van der Waals surface area contributed by atoms with Crippen LogP contribution in [0, 0.1) is 5.92 Å². The van der Waals surface area contributed by atoms with E-state index >= 15 is 0 Å². The minimum atomic E-state index is -1.49. The van der Waals surface area contributed by atoms with Crippen LogP contribution >= 0.6 is 0 Å². The first-order valence-corrected chi connectivity index (χ1v) is 8.46. The first kappa shape index (κ1) is 19.3. The van der Waals surface area contributed by atoms with Gasteiger partial charge in [0.2, 0.25) is 0 Å². The molecule has 1 aromatic rings. The molecule has 0 aliphatic heterocycles. The summed E-state index contributed by atoms with van der Waals surface area (Å²) in [6, 6.07) is 9.29. The molecule has 5 heteroatoms. The molecule has 1 aromatic carbocycles. The van der Waals surface area contributed by atoms with E-state index in [1.807, 2.05) is 30.3 Å². The third-order valence-electron chi connectivity index (χ3n) is 4.66. The quantitative estimate of drug-likeness (QED) is 0.784. The number of esters is 1. The second-order valence-corrected chi connectivity index (χ2v) is 7.60. The van der Waals surface area contributed by atoms with Crippen LogP contribution in [0.1, 0.15) is 52.0 Å². The van der Waals surface area contributed by atoms with E-state index in [1.54, 1.807) is 20.8 Å². The highest BCUT2D eigenvalue weighted by Crippen LogP contribution is 2.45. The van der Waals surface area contributed by atoms with Crippen LogP contribution in [0.2, 0.25) is 0 Å². The molecule has 2 rings (SSSR count). The Morgan fingerprint density at radius 2 is 1.76 bits per heavy atom. The van der Waals surface area contributed by atoms with Gasteiger partial charge in [0, 0.05) is 25.9 Å². The molecule has 0 aromatic heterocycles. The van der Waals surface area contributed by atoms with Gasteiger partial charge < -0.3 is 9.47 Å². The fraction of sp³-hybridized carbons (Fsp3) is 0.550. The van der Waals surface area contributed by atoms with Crippen LogP contribution in [-0.2, 0) is 23.9 Å². The maximum absolute atomic E-state index is 13.0. The molecule has 1 aliphatic rings. The third-order valence-corrected chi connectivity index (χ3v) is 4.66. The van der Waals surface area contributed by atoms with Crippen molar-refractivity contribution in [1.82, 2.24) is 0 Å². The molecule has 0 amide bonds. The molecule has 1 fully saturated rings. The maximum Gasteiger partial charge on any atom is 0.313 e. The Balaban J connectivity index is 2.57. The lowest BCUT2D eigenvalue weighted by Gasteiger charge is -2.44. The summed E-state index contributed by atoms with van der Waals surface area (Å²) in [5.41, 5.74) is -1.36. The predicted molar refractivity (Wildman–Crippen MR) is 93.2 cm³/mol. The van der Waals surface area contributed by atoms with Crippen molar-refractivity contribution in [2.75, 3.05) is 7.11 Å². The molecule has 3 atom stereocenters. The lowest BCUT2D eigenvalue weighted by atomic mass is 9.64. The van der Waals surface area contributed by atoms with Crippen molar-refractivity contribution in [3.05, 3.63) is 35.9 Å². The normalized spacial score (nSPS) is 27.0. The van der Waals surface area contributed by atoms with Crippen LogP contribution in [0.4, 0.5) is 0 Å². The number of hydrogen-bond donors (Lipinski definition) is 0. The van der Waals surface area contributed by atoms with Crippen molar-refractivity contribution >= 4 is 17.5 Å². The average Bonchev–Trinajstić information content (AvgIpc) is 2.52. The maximum atomic E-state index is 13.0. The fourth-order valence-corrected chi connectivity index (χ4v) is 3.58. The Morgan fingerprint density at radius 1 is 1.16 bits per heavy atom. The zero-order chi connectivity index (χ0) is 18.8. The summed E-state index contributed by atoms with van der Waals surface area (Å²) >= 11 is 0. The molecule has 1 unspecified atom stereocenters. The summed E-state index contributed by atoms with van der Waals surface area (Å²) in [6.45, 7) is 6.69. The van der Waals surface area contributed by atoms with E-state index in [0.717, 1.165) is 5.56 Å². The van der Waals surface area contributed by atoms with Gasteiger partial charge in [-0.1, -0.05) is 30.3 Å². The smallest absolute Gasteiger partial charge is 0.313 e. The SMILES string of the molecule is CO[C@]1(C(C)=O)CC(=O)C[C@H](c2ccccc2)C1C(=O)OC(C)(C)C. The molecule has 136 valence electrons. The van der Waals surface area contributed by atoms with Gasteiger partial charge in [0.15, 0.2) is 5.78 Å². The van der Waals surface area contributed by atoms with Gasteiger partial charge in [-0.2, -0.15) is 0 Å². The van der Waals surface area contributed by atoms with Crippen molar-refractivity contribution in [1.29, 1.82) is 0 Å². The van der Waals surface area contributed by atoms with Gasteiger partial charge in [0.05, 0.1) is 0 Å². The second kappa shape index (κ2) is 7.08. The first-order valence-electron chi connectivity index (χ1n) is 8.46. The van der Waals surface area contributed by atoms with E-state index in [2.05, 4.69) is 0 Å². The second-order valence-electron chi connectivity index (χ2n) is 7.60. The molecule has 1 aliphatic carbocycles. The number of Topliss-reactive ketones (excluding diaryl/α,β-unsaturated/α-hetero) is 2. The summed E-state index contributed by atoms with van der Waals surface area (Å²) in [5, 5.41) is 0. The lowest BCUT2D eigenvalue weighted by Crippen LogP contribution is -2.57. The zero-order valence-corrected chi connectivity index (χ0v) is 15.5. The minimum Gasteiger partial charge on any atom is -0.460 e. The van der Waals surface area contributed by atoms with Gasteiger partial charge in [-0.3, -0.25) is 14.4 Å². The van der Waals surface area contributed by atoms with Crippen molar-refractivity contribution in [2.24, 2.45) is 5.92 Å². The molecule has 0 N–H and O–H groups in total. The number of carbonyl (C=O) groups excluding carboxylic acids is 3. The van der Waals surface area contributed by atoms with Crippen molar-refractivity contribution < 1.29 is 23.9 Å². The van der Waals surface area contributed by atoms with Crippen LogP contribution in [0.5, 0.6) is 0 Å². The molecule has 0 radical (unpaired) electrons. The number of methoxy groups -OCH3 is 1. The zero-order valence-electron chi connectivity index (χ0n) is 15.5. The van der Waals surface area contributed by atoms with Crippen LogP contribution in [-0.4, -0.2) is 35.8 Å². The molecule has 0 bridgehead atoms. The first-order chi connectivity index (χ1) is 11.6. The number of benzene rings is 1. The Hall–Kier alpha value is -2.01. The summed E-state index contributed by atoms with van der Waals surface area (Å²) < 4.78 is 11.1. The molecule has 0 spiro atoms. The lowest BCUT2D eigenvalue weighted by molar-refractivity contribution is -0.184. The third kappa shape index (κ3) is 3.98. The highest BCUT2D eigenvalue weighted by atomic mass is 16.6. The minimum absolute atomic E-state index is 0.0919. The molecule has 1 saturated carbocycles. The van der Waals surface area contributed by atoms with Gasteiger partial charge in [-0.05, 0) is 33.3 Å². The molecule has 0 heterocycles. The van der Waals surface area contributed by atoms with E-state index in [0.29, 0.717) is 0 Å².